The zero-order valence-electron chi connectivity index (χ0n) is 14.3. The van der Waals surface area contributed by atoms with E-state index in [0.29, 0.717) is 5.56 Å². The molecule has 0 aliphatic rings. The van der Waals surface area contributed by atoms with E-state index in [1.807, 2.05) is 5.43 Å². The third kappa shape index (κ3) is 5.12. The second-order valence-electron chi connectivity index (χ2n) is 5.53. The van der Waals surface area contributed by atoms with Crippen molar-refractivity contribution >= 4 is 22.2 Å². The first-order valence-electron chi connectivity index (χ1n) is 7.34. The van der Waals surface area contributed by atoms with Crippen molar-refractivity contribution in [2.75, 3.05) is 0 Å². The molecule has 0 radical (unpaired) electrons. The summed E-state index contributed by atoms with van der Waals surface area (Å²) >= 11 is 0. The van der Waals surface area contributed by atoms with Crippen LogP contribution in [0.4, 0.5) is 9.59 Å². The SMILES string of the molecule is Cc1ccccc1S(=O)(=O)N(NC(=O)OC(C)C)C(=O)OC(C)C. The zero-order valence-corrected chi connectivity index (χ0v) is 15.1. The van der Waals surface area contributed by atoms with E-state index in [0.717, 1.165) is 0 Å². The third-order valence-corrected chi connectivity index (χ3v) is 4.38. The molecular weight excluding hydrogens is 336 g/mol. The molecule has 1 rings (SSSR count). The van der Waals surface area contributed by atoms with Gasteiger partial charge in [0.05, 0.1) is 17.1 Å². The van der Waals surface area contributed by atoms with Crippen molar-refractivity contribution < 1.29 is 27.5 Å². The number of hydrazine groups is 1. The average Bonchev–Trinajstić information content (AvgIpc) is 2.43. The number of carbonyl (C=O) groups excluding carboxylic acids is 2. The topological polar surface area (TPSA) is 102 Å². The number of hydrogen-bond acceptors (Lipinski definition) is 6. The Labute approximate surface area is 141 Å². The van der Waals surface area contributed by atoms with Crippen molar-refractivity contribution in [3.05, 3.63) is 29.8 Å². The van der Waals surface area contributed by atoms with E-state index >= 15 is 0 Å². The monoisotopic (exact) mass is 358 g/mol. The molecular formula is C15H22N2O6S. The highest BCUT2D eigenvalue weighted by molar-refractivity contribution is 7.89. The van der Waals surface area contributed by atoms with Gasteiger partial charge in [-0.2, -0.15) is 8.42 Å². The quantitative estimate of drug-likeness (QED) is 0.830. The van der Waals surface area contributed by atoms with Crippen LogP contribution in [-0.2, 0) is 19.5 Å². The van der Waals surface area contributed by atoms with E-state index < -0.39 is 34.4 Å². The van der Waals surface area contributed by atoms with E-state index in [2.05, 4.69) is 0 Å². The highest BCUT2D eigenvalue weighted by Gasteiger charge is 2.34. The molecule has 9 heteroatoms. The minimum Gasteiger partial charge on any atom is -0.446 e. The number of sulfonamides is 1. The lowest BCUT2D eigenvalue weighted by atomic mass is 10.2. The van der Waals surface area contributed by atoms with Crippen molar-refractivity contribution in [3.8, 4) is 0 Å². The fraction of sp³-hybridized carbons (Fsp3) is 0.467. The second-order valence-corrected chi connectivity index (χ2v) is 7.29. The first kappa shape index (κ1) is 19.8. The molecule has 2 amide bonds. The lowest BCUT2D eigenvalue weighted by Crippen LogP contribution is -2.51. The van der Waals surface area contributed by atoms with Crippen LogP contribution in [0.5, 0.6) is 0 Å². The lowest BCUT2D eigenvalue weighted by Gasteiger charge is -2.24. The summed E-state index contributed by atoms with van der Waals surface area (Å²) in [6.07, 6.45) is -3.37. The minimum atomic E-state index is -4.36. The Kier molecular flexibility index (Phi) is 6.59. The molecule has 0 aliphatic carbocycles. The van der Waals surface area contributed by atoms with Crippen LogP contribution in [0.15, 0.2) is 29.2 Å². The van der Waals surface area contributed by atoms with E-state index in [9.17, 15) is 18.0 Å². The first-order chi connectivity index (χ1) is 11.1. The second kappa shape index (κ2) is 8.00. The summed E-state index contributed by atoms with van der Waals surface area (Å²) in [5.41, 5.74) is 2.34. The highest BCUT2D eigenvalue weighted by atomic mass is 32.2. The fourth-order valence-electron chi connectivity index (χ4n) is 1.72. The number of nitrogens with one attached hydrogen (secondary N) is 1. The Hall–Kier alpha value is -2.29. The van der Waals surface area contributed by atoms with Gasteiger partial charge in [-0.1, -0.05) is 18.2 Å². The number of hydrogen-bond donors (Lipinski definition) is 1. The predicted molar refractivity (Wildman–Crippen MR) is 86.6 cm³/mol. The van der Waals surface area contributed by atoms with Gasteiger partial charge in [0.1, 0.15) is 0 Å². The van der Waals surface area contributed by atoms with Gasteiger partial charge in [-0.3, -0.25) is 0 Å². The molecule has 134 valence electrons. The van der Waals surface area contributed by atoms with Crippen LogP contribution in [-0.4, -0.2) is 37.2 Å². The Balaban J connectivity index is 3.23. The van der Waals surface area contributed by atoms with Crippen LogP contribution in [0.3, 0.4) is 0 Å². The third-order valence-electron chi connectivity index (χ3n) is 2.65. The van der Waals surface area contributed by atoms with Gasteiger partial charge < -0.3 is 9.47 Å². The fourth-order valence-corrected chi connectivity index (χ4v) is 3.08. The van der Waals surface area contributed by atoms with Gasteiger partial charge in [0.25, 0.3) is 10.0 Å². The molecule has 0 heterocycles. The molecule has 0 aliphatic heterocycles. The number of rotatable bonds is 4. The van der Waals surface area contributed by atoms with Crippen LogP contribution < -0.4 is 5.43 Å². The summed E-state index contributed by atoms with van der Waals surface area (Å²) in [5.74, 6) is 0. The molecule has 0 aromatic heterocycles. The van der Waals surface area contributed by atoms with Crippen LogP contribution in [0, 0.1) is 6.92 Å². The van der Waals surface area contributed by atoms with Crippen LogP contribution in [0.25, 0.3) is 0 Å². The number of carbonyl (C=O) groups is 2. The molecule has 1 aromatic carbocycles. The normalized spacial score (nSPS) is 11.3. The molecule has 8 nitrogen and oxygen atoms in total. The number of amides is 2. The van der Waals surface area contributed by atoms with Crippen molar-refractivity contribution in [2.24, 2.45) is 0 Å². The first-order valence-corrected chi connectivity index (χ1v) is 8.78. The number of aryl methyl sites for hydroxylation is 1. The van der Waals surface area contributed by atoms with Crippen molar-refractivity contribution in [3.63, 3.8) is 0 Å². The number of benzene rings is 1. The van der Waals surface area contributed by atoms with Crippen molar-refractivity contribution in [1.29, 1.82) is 0 Å². The molecule has 1 N–H and O–H groups in total. The molecule has 0 fully saturated rings. The Morgan fingerprint density at radius 1 is 1.04 bits per heavy atom. The highest BCUT2D eigenvalue weighted by Crippen LogP contribution is 2.19. The number of nitrogens with zero attached hydrogens (tertiary/aromatic N) is 1. The standard InChI is InChI=1S/C15H22N2O6S/c1-10(2)22-14(18)16-17(15(19)23-11(3)4)24(20,21)13-9-7-6-8-12(13)5/h6-11H,1-5H3,(H,16,18). The maximum Gasteiger partial charge on any atom is 0.443 e. The summed E-state index contributed by atoms with van der Waals surface area (Å²) < 4.78 is 35.4. The van der Waals surface area contributed by atoms with Crippen LogP contribution in [0.1, 0.15) is 33.3 Å². The molecule has 0 spiro atoms. The molecule has 0 saturated carbocycles. The summed E-state index contributed by atoms with van der Waals surface area (Å²) in [7, 11) is -4.36. The zero-order chi connectivity index (χ0) is 18.5. The van der Waals surface area contributed by atoms with Gasteiger partial charge in [-0.25, -0.2) is 15.0 Å². The molecule has 1 aromatic rings. The molecule has 0 bridgehead atoms. The van der Waals surface area contributed by atoms with E-state index in [1.54, 1.807) is 46.8 Å². The Morgan fingerprint density at radius 3 is 2.08 bits per heavy atom. The average molecular weight is 358 g/mol. The van der Waals surface area contributed by atoms with Crippen molar-refractivity contribution in [1.82, 2.24) is 9.84 Å². The summed E-state index contributed by atoms with van der Waals surface area (Å²) in [6.45, 7) is 7.87. The van der Waals surface area contributed by atoms with Gasteiger partial charge in [-0.15, -0.1) is 4.41 Å². The van der Waals surface area contributed by atoms with Crippen LogP contribution >= 0.6 is 0 Å². The van der Waals surface area contributed by atoms with Crippen molar-refractivity contribution in [2.45, 2.75) is 51.7 Å². The van der Waals surface area contributed by atoms with Gasteiger partial charge in [0.2, 0.25) is 0 Å². The Bertz CT molecular complexity index is 700. The van der Waals surface area contributed by atoms with Crippen LogP contribution in [0.2, 0.25) is 0 Å². The lowest BCUT2D eigenvalue weighted by molar-refractivity contribution is 0.0715. The molecule has 0 saturated heterocycles. The summed E-state index contributed by atoms with van der Waals surface area (Å²) in [6, 6.07) is 6.07. The van der Waals surface area contributed by atoms with Gasteiger partial charge >= 0.3 is 12.2 Å². The molecule has 24 heavy (non-hydrogen) atoms. The maximum atomic E-state index is 12.8. The van der Waals surface area contributed by atoms with E-state index in [-0.39, 0.29) is 9.31 Å². The molecule has 0 atom stereocenters. The van der Waals surface area contributed by atoms with E-state index in [1.165, 1.54) is 12.1 Å². The predicted octanol–water partition coefficient (Wildman–Crippen LogP) is 2.58. The smallest absolute Gasteiger partial charge is 0.443 e. The van der Waals surface area contributed by atoms with Gasteiger partial charge in [0.15, 0.2) is 0 Å². The van der Waals surface area contributed by atoms with Gasteiger partial charge in [-0.05, 0) is 46.2 Å². The van der Waals surface area contributed by atoms with E-state index in [4.69, 9.17) is 9.47 Å². The maximum absolute atomic E-state index is 12.8. The summed E-state index contributed by atoms with van der Waals surface area (Å²) in [5, 5.41) is 0. The molecule has 0 unspecified atom stereocenters. The van der Waals surface area contributed by atoms with Gasteiger partial charge in [0, 0.05) is 0 Å². The minimum absolute atomic E-state index is 0.129. The Morgan fingerprint density at radius 2 is 1.58 bits per heavy atom. The largest absolute Gasteiger partial charge is 0.446 e. The summed E-state index contributed by atoms with van der Waals surface area (Å²) in [4.78, 5) is 23.8. The number of ether oxygens (including phenoxy) is 2.